The molecule has 1 unspecified atom stereocenters. The van der Waals surface area contributed by atoms with Crippen LogP contribution in [0.15, 0.2) is 18.2 Å². The molecule has 2 N–H and O–H groups in total. The topological polar surface area (TPSA) is 29.3 Å². The van der Waals surface area contributed by atoms with Crippen LogP contribution in [0.5, 0.6) is 0 Å². The van der Waals surface area contributed by atoms with Crippen LogP contribution in [0.3, 0.4) is 0 Å². The molecule has 0 saturated carbocycles. The van der Waals surface area contributed by atoms with Gasteiger partial charge < -0.3 is 10.6 Å². The number of hydrogen-bond donors (Lipinski definition) is 1. The Kier molecular flexibility index (Phi) is 3.62. The molecule has 0 bridgehead atoms. The van der Waals surface area contributed by atoms with E-state index in [1.54, 1.807) is 6.07 Å². The molecule has 0 radical (unpaired) electrons. The van der Waals surface area contributed by atoms with Crippen LogP contribution >= 0.6 is 12.2 Å². The molecule has 1 atom stereocenters. The van der Waals surface area contributed by atoms with Crippen molar-refractivity contribution in [3.8, 4) is 0 Å². The number of benzene rings is 1. The highest BCUT2D eigenvalue weighted by atomic mass is 32.1. The number of nitrogens with zero attached hydrogens (tertiary/aromatic N) is 1. The zero-order valence-electron chi connectivity index (χ0n) is 9.95. The molecule has 0 spiro atoms. The molecule has 1 aromatic rings. The first-order valence-electron chi connectivity index (χ1n) is 5.96. The fourth-order valence-corrected chi connectivity index (χ4v) is 2.65. The van der Waals surface area contributed by atoms with E-state index in [2.05, 4.69) is 11.8 Å². The van der Waals surface area contributed by atoms with Crippen LogP contribution in [0, 0.1) is 5.82 Å². The number of thiocarbonyl (C=S) groups is 1. The molecule has 0 aromatic heterocycles. The molecule has 4 heteroatoms. The highest BCUT2D eigenvalue weighted by molar-refractivity contribution is 7.80. The molecule has 1 heterocycles. The predicted octanol–water partition coefficient (Wildman–Crippen LogP) is 2.84. The minimum Gasteiger partial charge on any atom is -0.389 e. The highest BCUT2D eigenvalue weighted by Gasteiger charge is 2.23. The van der Waals surface area contributed by atoms with Crippen molar-refractivity contribution in [3.05, 3.63) is 29.6 Å². The lowest BCUT2D eigenvalue weighted by Gasteiger charge is -2.36. The smallest absolute Gasteiger partial charge is 0.135 e. The van der Waals surface area contributed by atoms with E-state index in [0.717, 1.165) is 25.1 Å². The summed E-state index contributed by atoms with van der Waals surface area (Å²) in [6.45, 7) is 3.10. The number of rotatable bonds is 2. The van der Waals surface area contributed by atoms with E-state index in [-0.39, 0.29) is 10.8 Å². The quantitative estimate of drug-likeness (QED) is 0.821. The van der Waals surface area contributed by atoms with Crippen molar-refractivity contribution in [2.24, 2.45) is 5.73 Å². The van der Waals surface area contributed by atoms with Crippen molar-refractivity contribution in [2.45, 2.75) is 32.2 Å². The monoisotopic (exact) mass is 252 g/mol. The van der Waals surface area contributed by atoms with Gasteiger partial charge in [0.2, 0.25) is 0 Å². The van der Waals surface area contributed by atoms with Crippen LogP contribution in [0.25, 0.3) is 0 Å². The summed E-state index contributed by atoms with van der Waals surface area (Å²) < 4.78 is 13.8. The van der Waals surface area contributed by atoms with Gasteiger partial charge in [0.25, 0.3) is 0 Å². The number of anilines is 1. The average Bonchev–Trinajstić information content (AvgIpc) is 2.28. The third kappa shape index (κ3) is 2.41. The third-order valence-electron chi connectivity index (χ3n) is 3.35. The minimum absolute atomic E-state index is 0.135. The second kappa shape index (κ2) is 5.00. The van der Waals surface area contributed by atoms with Crippen molar-refractivity contribution in [3.63, 3.8) is 0 Å². The molecule has 1 fully saturated rings. The third-order valence-corrected chi connectivity index (χ3v) is 3.55. The van der Waals surface area contributed by atoms with E-state index in [0.29, 0.717) is 11.6 Å². The minimum atomic E-state index is -0.326. The van der Waals surface area contributed by atoms with E-state index >= 15 is 0 Å². The maximum absolute atomic E-state index is 13.8. The van der Waals surface area contributed by atoms with Crippen molar-refractivity contribution >= 4 is 22.9 Å². The van der Waals surface area contributed by atoms with E-state index in [1.807, 2.05) is 6.07 Å². The van der Waals surface area contributed by atoms with Gasteiger partial charge in [0.05, 0.1) is 11.3 Å². The van der Waals surface area contributed by atoms with Crippen molar-refractivity contribution in [2.75, 3.05) is 11.4 Å². The fourth-order valence-electron chi connectivity index (χ4n) is 2.45. The summed E-state index contributed by atoms with van der Waals surface area (Å²) in [6, 6.07) is 5.44. The number of hydrogen-bond acceptors (Lipinski definition) is 2. The Morgan fingerprint density at radius 3 is 2.88 bits per heavy atom. The van der Waals surface area contributed by atoms with Gasteiger partial charge in [-0.2, -0.15) is 0 Å². The van der Waals surface area contributed by atoms with E-state index in [9.17, 15) is 4.39 Å². The molecule has 1 aromatic carbocycles. The molecule has 0 aliphatic carbocycles. The molecule has 1 aliphatic rings. The van der Waals surface area contributed by atoms with Crippen LogP contribution in [-0.4, -0.2) is 17.6 Å². The Hall–Kier alpha value is -1.16. The lowest BCUT2D eigenvalue weighted by atomic mass is 10.0. The van der Waals surface area contributed by atoms with Gasteiger partial charge in [-0.1, -0.05) is 18.3 Å². The van der Waals surface area contributed by atoms with Gasteiger partial charge in [-0.25, -0.2) is 4.39 Å². The van der Waals surface area contributed by atoms with Gasteiger partial charge in [-0.05, 0) is 38.3 Å². The second-order valence-electron chi connectivity index (χ2n) is 4.54. The summed E-state index contributed by atoms with van der Waals surface area (Å²) in [6.07, 6.45) is 3.50. The lowest BCUT2D eigenvalue weighted by molar-refractivity contribution is 0.483. The SMILES string of the molecule is CC1CCCCN1c1cccc(F)c1C(N)=S. The van der Waals surface area contributed by atoms with Crippen molar-refractivity contribution < 1.29 is 4.39 Å². The largest absolute Gasteiger partial charge is 0.389 e. The van der Waals surface area contributed by atoms with Gasteiger partial charge in [-0.15, -0.1) is 0 Å². The molecule has 1 saturated heterocycles. The molecule has 1 aliphatic heterocycles. The Bertz CT molecular complexity index is 433. The summed E-state index contributed by atoms with van der Waals surface area (Å²) in [5, 5.41) is 0. The van der Waals surface area contributed by atoms with Gasteiger partial charge >= 0.3 is 0 Å². The van der Waals surface area contributed by atoms with E-state index < -0.39 is 0 Å². The standard InChI is InChI=1S/C13H17FN2S/c1-9-5-2-3-8-16(9)11-7-4-6-10(14)12(11)13(15)17/h4,6-7,9H,2-3,5,8H2,1H3,(H2,15,17). The fraction of sp³-hybridized carbons (Fsp3) is 0.462. The van der Waals surface area contributed by atoms with Gasteiger partial charge in [0.1, 0.15) is 10.8 Å². The average molecular weight is 252 g/mol. The van der Waals surface area contributed by atoms with Crippen molar-refractivity contribution in [1.82, 2.24) is 0 Å². The Labute approximate surface area is 107 Å². The van der Waals surface area contributed by atoms with Crippen LogP contribution in [0.2, 0.25) is 0 Å². The Morgan fingerprint density at radius 1 is 1.47 bits per heavy atom. The number of nitrogens with two attached hydrogens (primary N) is 1. The Balaban J connectivity index is 2.43. The van der Waals surface area contributed by atoms with Crippen LogP contribution in [-0.2, 0) is 0 Å². The predicted molar refractivity (Wildman–Crippen MR) is 72.9 cm³/mol. The first kappa shape index (κ1) is 12.3. The molecule has 0 amide bonds. The molecule has 92 valence electrons. The summed E-state index contributed by atoms with van der Waals surface area (Å²) in [5.74, 6) is -0.326. The van der Waals surface area contributed by atoms with E-state index in [4.69, 9.17) is 18.0 Å². The number of piperidine rings is 1. The summed E-state index contributed by atoms with van der Waals surface area (Å²) in [5.41, 5.74) is 6.86. The molecular formula is C13H17FN2S. The molecule has 2 rings (SSSR count). The van der Waals surface area contributed by atoms with Crippen LogP contribution < -0.4 is 10.6 Å². The molecular weight excluding hydrogens is 235 g/mol. The maximum Gasteiger partial charge on any atom is 0.135 e. The van der Waals surface area contributed by atoms with E-state index in [1.165, 1.54) is 12.5 Å². The summed E-state index contributed by atoms with van der Waals surface area (Å²) in [7, 11) is 0. The van der Waals surface area contributed by atoms with Gasteiger partial charge in [0, 0.05) is 12.6 Å². The summed E-state index contributed by atoms with van der Waals surface area (Å²) in [4.78, 5) is 2.34. The summed E-state index contributed by atoms with van der Waals surface area (Å²) >= 11 is 4.96. The van der Waals surface area contributed by atoms with Crippen molar-refractivity contribution in [1.29, 1.82) is 0 Å². The molecule has 2 nitrogen and oxygen atoms in total. The zero-order valence-corrected chi connectivity index (χ0v) is 10.8. The molecule has 17 heavy (non-hydrogen) atoms. The maximum atomic E-state index is 13.8. The lowest BCUT2D eigenvalue weighted by Crippen LogP contribution is -2.38. The zero-order chi connectivity index (χ0) is 12.4. The second-order valence-corrected chi connectivity index (χ2v) is 4.98. The van der Waals surface area contributed by atoms with Gasteiger partial charge in [0.15, 0.2) is 0 Å². The Morgan fingerprint density at radius 2 is 2.24 bits per heavy atom. The normalized spacial score (nSPS) is 20.4. The number of halogens is 1. The highest BCUT2D eigenvalue weighted by Crippen LogP contribution is 2.29. The first-order valence-corrected chi connectivity index (χ1v) is 6.37. The van der Waals surface area contributed by atoms with Gasteiger partial charge in [-0.3, -0.25) is 0 Å². The van der Waals surface area contributed by atoms with Crippen LogP contribution in [0.1, 0.15) is 31.7 Å². The first-order chi connectivity index (χ1) is 8.11. The van der Waals surface area contributed by atoms with Crippen LogP contribution in [0.4, 0.5) is 10.1 Å².